The van der Waals surface area contributed by atoms with E-state index in [9.17, 15) is 14.9 Å². The van der Waals surface area contributed by atoms with Crippen LogP contribution in [0.1, 0.15) is 10.4 Å². The van der Waals surface area contributed by atoms with E-state index in [1.807, 2.05) is 24.3 Å². The quantitative estimate of drug-likeness (QED) is 0.367. The van der Waals surface area contributed by atoms with Gasteiger partial charge in [0.05, 0.1) is 28.3 Å². The van der Waals surface area contributed by atoms with Crippen molar-refractivity contribution in [1.82, 2.24) is 0 Å². The molecule has 0 atom stereocenters. The van der Waals surface area contributed by atoms with Crippen LogP contribution >= 0.6 is 11.6 Å². The van der Waals surface area contributed by atoms with Gasteiger partial charge in [0.25, 0.3) is 11.6 Å². The first-order chi connectivity index (χ1) is 13.5. The number of hydrogen-bond acceptors (Lipinski definition) is 5. The van der Waals surface area contributed by atoms with Crippen LogP contribution in [-0.2, 0) is 0 Å². The third-order valence-corrected chi connectivity index (χ3v) is 4.67. The molecule has 0 saturated heterocycles. The molecule has 1 aromatic heterocycles. The highest BCUT2D eigenvalue weighted by Crippen LogP contribution is 2.36. The van der Waals surface area contributed by atoms with Crippen molar-refractivity contribution in [1.29, 1.82) is 0 Å². The number of fused-ring (bicyclic) bond motifs is 3. The lowest BCUT2D eigenvalue weighted by atomic mass is 10.1. The van der Waals surface area contributed by atoms with E-state index < -0.39 is 10.8 Å². The first-order valence-electron chi connectivity index (χ1n) is 8.22. The minimum atomic E-state index is -0.577. The predicted molar refractivity (Wildman–Crippen MR) is 106 cm³/mol. The number of halogens is 1. The minimum Gasteiger partial charge on any atom is -0.495 e. The fourth-order valence-corrected chi connectivity index (χ4v) is 3.27. The van der Waals surface area contributed by atoms with E-state index in [-0.39, 0.29) is 16.3 Å². The monoisotopic (exact) mass is 396 g/mol. The number of anilines is 1. The summed E-state index contributed by atoms with van der Waals surface area (Å²) in [5, 5.41) is 15.3. The van der Waals surface area contributed by atoms with Gasteiger partial charge in [0.15, 0.2) is 0 Å². The topological polar surface area (TPSA) is 94.6 Å². The van der Waals surface area contributed by atoms with E-state index in [4.69, 9.17) is 20.8 Å². The van der Waals surface area contributed by atoms with Crippen molar-refractivity contribution in [2.75, 3.05) is 12.4 Å². The second kappa shape index (κ2) is 6.86. The van der Waals surface area contributed by atoms with Crippen LogP contribution < -0.4 is 10.1 Å². The van der Waals surface area contributed by atoms with Crippen molar-refractivity contribution < 1.29 is 18.9 Å². The molecule has 0 aliphatic carbocycles. The normalized spacial score (nSPS) is 10.9. The molecule has 0 radical (unpaired) electrons. The van der Waals surface area contributed by atoms with Crippen LogP contribution in [0.3, 0.4) is 0 Å². The van der Waals surface area contributed by atoms with Gasteiger partial charge in [-0.2, -0.15) is 0 Å². The Kier molecular flexibility index (Phi) is 4.37. The van der Waals surface area contributed by atoms with Crippen molar-refractivity contribution >= 4 is 50.8 Å². The molecular formula is C20H13ClN2O5. The van der Waals surface area contributed by atoms with E-state index in [0.717, 1.165) is 22.4 Å². The summed E-state index contributed by atoms with van der Waals surface area (Å²) in [5.41, 5.74) is 1.63. The maximum atomic E-state index is 12.6. The fraction of sp³-hybridized carbons (Fsp3) is 0.0500. The summed E-state index contributed by atoms with van der Waals surface area (Å²) in [5.74, 6) is -0.0703. The predicted octanol–water partition coefficient (Wildman–Crippen LogP) is 5.41. The Bertz CT molecular complexity index is 1250. The van der Waals surface area contributed by atoms with Gasteiger partial charge in [-0.3, -0.25) is 14.9 Å². The van der Waals surface area contributed by atoms with Crippen LogP contribution in [0.4, 0.5) is 11.4 Å². The SMILES string of the molecule is COc1cc2c(cc1NC(=O)c1ccc([N+](=O)[O-])cc1Cl)oc1ccccc12. The van der Waals surface area contributed by atoms with Gasteiger partial charge in [-0.15, -0.1) is 0 Å². The Labute approximate surface area is 163 Å². The van der Waals surface area contributed by atoms with Gasteiger partial charge in [0, 0.05) is 29.0 Å². The average molecular weight is 397 g/mol. The number of amides is 1. The van der Waals surface area contributed by atoms with Crippen LogP contribution in [0.5, 0.6) is 5.75 Å². The lowest BCUT2D eigenvalue weighted by Crippen LogP contribution is -2.13. The van der Waals surface area contributed by atoms with Gasteiger partial charge in [0.1, 0.15) is 16.9 Å². The van der Waals surface area contributed by atoms with E-state index in [1.54, 1.807) is 12.1 Å². The molecule has 7 nitrogen and oxygen atoms in total. The summed E-state index contributed by atoms with van der Waals surface area (Å²) in [6.07, 6.45) is 0. The number of nitro benzene ring substituents is 1. The minimum absolute atomic E-state index is 0.0181. The fourth-order valence-electron chi connectivity index (χ4n) is 3.01. The van der Waals surface area contributed by atoms with Crippen LogP contribution in [0, 0.1) is 10.1 Å². The molecule has 0 saturated carbocycles. The number of nitrogens with zero attached hydrogens (tertiary/aromatic N) is 1. The molecule has 0 bridgehead atoms. The summed E-state index contributed by atoms with van der Waals surface area (Å²) < 4.78 is 11.2. The Balaban J connectivity index is 1.73. The number of para-hydroxylation sites is 1. The first-order valence-corrected chi connectivity index (χ1v) is 8.60. The zero-order valence-corrected chi connectivity index (χ0v) is 15.3. The van der Waals surface area contributed by atoms with Gasteiger partial charge in [0.2, 0.25) is 0 Å². The van der Waals surface area contributed by atoms with Gasteiger partial charge in [-0.1, -0.05) is 29.8 Å². The third kappa shape index (κ3) is 3.01. The van der Waals surface area contributed by atoms with Crippen molar-refractivity contribution in [2.24, 2.45) is 0 Å². The standard InChI is InChI=1S/C20H13ClN2O5/c1-27-19-9-14-12-4-2-3-5-17(12)28-18(14)10-16(19)22-20(24)13-7-6-11(23(25)26)8-15(13)21/h2-10H,1H3,(H,22,24). The number of nitrogens with one attached hydrogen (secondary N) is 1. The average Bonchev–Trinajstić information content (AvgIpc) is 3.04. The lowest BCUT2D eigenvalue weighted by molar-refractivity contribution is -0.384. The molecule has 0 spiro atoms. The summed E-state index contributed by atoms with van der Waals surface area (Å²) in [6, 6.07) is 14.7. The van der Waals surface area contributed by atoms with Gasteiger partial charge in [-0.05, 0) is 18.2 Å². The van der Waals surface area contributed by atoms with Gasteiger partial charge < -0.3 is 14.5 Å². The maximum absolute atomic E-state index is 12.6. The number of rotatable bonds is 4. The second-order valence-corrected chi connectivity index (χ2v) is 6.43. The summed E-state index contributed by atoms with van der Waals surface area (Å²) in [7, 11) is 1.50. The highest BCUT2D eigenvalue weighted by molar-refractivity contribution is 6.34. The highest BCUT2D eigenvalue weighted by atomic mass is 35.5. The Morgan fingerprint density at radius 2 is 1.89 bits per heavy atom. The lowest BCUT2D eigenvalue weighted by Gasteiger charge is -2.11. The van der Waals surface area contributed by atoms with E-state index in [1.165, 1.54) is 19.2 Å². The smallest absolute Gasteiger partial charge is 0.270 e. The highest BCUT2D eigenvalue weighted by Gasteiger charge is 2.18. The number of benzene rings is 3. The zero-order chi connectivity index (χ0) is 19.8. The first kappa shape index (κ1) is 17.8. The number of methoxy groups -OCH3 is 1. The number of carbonyl (C=O) groups is 1. The van der Waals surface area contributed by atoms with Gasteiger partial charge >= 0.3 is 0 Å². The zero-order valence-electron chi connectivity index (χ0n) is 14.6. The van der Waals surface area contributed by atoms with E-state index >= 15 is 0 Å². The van der Waals surface area contributed by atoms with E-state index in [0.29, 0.717) is 17.0 Å². The molecule has 1 N–H and O–H groups in total. The van der Waals surface area contributed by atoms with Crippen LogP contribution in [0.2, 0.25) is 5.02 Å². The molecule has 0 aliphatic heterocycles. The number of furan rings is 1. The number of carbonyl (C=O) groups excluding carboxylic acids is 1. The molecule has 0 aliphatic rings. The molecule has 140 valence electrons. The van der Waals surface area contributed by atoms with Gasteiger partial charge in [-0.25, -0.2) is 0 Å². The molecule has 4 rings (SSSR count). The molecule has 8 heteroatoms. The maximum Gasteiger partial charge on any atom is 0.270 e. The summed E-state index contributed by atoms with van der Waals surface area (Å²) >= 11 is 6.04. The number of ether oxygens (including phenoxy) is 1. The summed E-state index contributed by atoms with van der Waals surface area (Å²) in [6.45, 7) is 0. The largest absolute Gasteiger partial charge is 0.495 e. The number of hydrogen-bond donors (Lipinski definition) is 1. The van der Waals surface area contributed by atoms with Crippen LogP contribution in [0.15, 0.2) is 59.0 Å². The number of non-ortho nitro benzene ring substituents is 1. The Morgan fingerprint density at radius 3 is 2.61 bits per heavy atom. The molecule has 0 fully saturated rings. The van der Waals surface area contributed by atoms with Crippen LogP contribution in [-0.4, -0.2) is 17.9 Å². The molecule has 4 aromatic rings. The molecule has 1 heterocycles. The Morgan fingerprint density at radius 1 is 1.11 bits per heavy atom. The molecule has 1 amide bonds. The Hall–Kier alpha value is -3.58. The molecular weight excluding hydrogens is 384 g/mol. The summed E-state index contributed by atoms with van der Waals surface area (Å²) in [4.78, 5) is 22.9. The van der Waals surface area contributed by atoms with Crippen molar-refractivity contribution in [3.05, 3.63) is 75.3 Å². The third-order valence-electron chi connectivity index (χ3n) is 4.36. The van der Waals surface area contributed by atoms with Crippen molar-refractivity contribution in [3.8, 4) is 5.75 Å². The number of nitro groups is 1. The van der Waals surface area contributed by atoms with Crippen molar-refractivity contribution in [3.63, 3.8) is 0 Å². The molecule has 28 heavy (non-hydrogen) atoms. The van der Waals surface area contributed by atoms with Crippen molar-refractivity contribution in [2.45, 2.75) is 0 Å². The van der Waals surface area contributed by atoms with Crippen LogP contribution in [0.25, 0.3) is 21.9 Å². The molecule has 0 unspecified atom stereocenters. The molecule has 3 aromatic carbocycles. The second-order valence-electron chi connectivity index (χ2n) is 6.02. The van der Waals surface area contributed by atoms with E-state index in [2.05, 4.69) is 5.32 Å².